The van der Waals surface area contributed by atoms with Crippen molar-refractivity contribution in [3.05, 3.63) is 98.7 Å². The molecule has 4 aromatic heterocycles. The van der Waals surface area contributed by atoms with Crippen molar-refractivity contribution in [2.45, 2.75) is 49.0 Å². The van der Waals surface area contributed by atoms with Crippen LogP contribution in [0, 0.1) is 5.82 Å². The Morgan fingerprint density at radius 1 is 0.754 bits per heavy atom. The molecule has 65 heavy (non-hydrogen) atoms. The number of piperazine rings is 1. The average molecular weight is 1000 g/mol. The van der Waals surface area contributed by atoms with Crippen LogP contribution in [0.2, 0.25) is 5.02 Å². The average Bonchev–Trinajstić information content (AvgIpc) is 3.97. The zero-order chi connectivity index (χ0) is 47.2. The molecule has 348 valence electrons. The number of fused-ring (bicyclic) bond motifs is 1. The summed E-state index contributed by atoms with van der Waals surface area (Å²) in [6.07, 6.45) is -3.67. The lowest BCUT2D eigenvalue weighted by molar-refractivity contribution is -0.138. The van der Waals surface area contributed by atoms with Gasteiger partial charge in [-0.1, -0.05) is 25.4 Å². The number of alkyl halides is 6. The Kier molecular flexibility index (Phi) is 16.6. The number of benzene rings is 2. The Morgan fingerprint density at radius 3 is 1.88 bits per heavy atom. The Hall–Kier alpha value is -4.38. The maximum atomic E-state index is 14.6. The normalized spacial score (nSPS) is 15.0. The fourth-order valence-corrected chi connectivity index (χ4v) is 10.4. The minimum absolute atomic E-state index is 0.0141. The first-order valence-corrected chi connectivity index (χ1v) is 25.0. The van der Waals surface area contributed by atoms with Gasteiger partial charge in [-0.3, -0.25) is 4.21 Å². The van der Waals surface area contributed by atoms with Gasteiger partial charge in [-0.2, -0.15) is 26.3 Å². The fraction of sp³-hybridized carbons (Fsp3) is 0.349. The third-order valence-corrected chi connectivity index (χ3v) is 14.3. The third-order valence-electron chi connectivity index (χ3n) is 10.2. The summed E-state index contributed by atoms with van der Waals surface area (Å²) in [7, 11) is 2.75. The largest absolute Gasteiger partial charge is 0.420 e. The zero-order valence-electron chi connectivity index (χ0n) is 36.0. The molecule has 2 aromatic carbocycles. The molecule has 2 aliphatic heterocycles. The standard InChI is InChI=1S/C21H21ClF3N5OS2.C20H18F4N4S2.C2H6/c1-29-5-7-30(8-6-29)13-3-4-17(16(22)9-13)27-20-26-11-15(21(23,24)25)19(28-20)18-10-14(12-32-18)33(2)31;1-28-4-3-11-5-15(21)16(6-12(11)9-28)26-19-25-8-14(20(22,23)24)18(27-19)17-7-13(29-2)10-30-17;1-2/h3-4,9-12H,5-8H2,1-2H3,(H,26,27,28);5-8,10H,3-4,9H2,1-2H3,(H,25,26,27);1-2H3. The molecule has 1 unspecified atom stereocenters. The summed E-state index contributed by atoms with van der Waals surface area (Å²) < 4.78 is 108. The minimum atomic E-state index is -4.63. The lowest BCUT2D eigenvalue weighted by Crippen LogP contribution is -2.44. The summed E-state index contributed by atoms with van der Waals surface area (Å²) in [6, 6.07) is 11.8. The first kappa shape index (κ1) is 50.0. The van der Waals surface area contributed by atoms with Gasteiger partial charge >= 0.3 is 12.4 Å². The van der Waals surface area contributed by atoms with E-state index in [-0.39, 0.29) is 33.8 Å². The van der Waals surface area contributed by atoms with Crippen LogP contribution >= 0.6 is 46.0 Å². The van der Waals surface area contributed by atoms with E-state index < -0.39 is 40.1 Å². The predicted molar refractivity (Wildman–Crippen MR) is 250 cm³/mol. The molecule has 2 N–H and O–H groups in total. The molecule has 6 heterocycles. The molecule has 2 aliphatic rings. The van der Waals surface area contributed by atoms with Crippen molar-refractivity contribution in [2.75, 3.05) is 74.9 Å². The van der Waals surface area contributed by atoms with Crippen LogP contribution in [0.4, 0.5) is 59.7 Å². The van der Waals surface area contributed by atoms with E-state index in [1.54, 1.807) is 29.0 Å². The Balaban J connectivity index is 0.000000208. The van der Waals surface area contributed by atoms with Gasteiger partial charge < -0.3 is 25.3 Å². The summed E-state index contributed by atoms with van der Waals surface area (Å²) in [5, 5.41) is 9.44. The SMILES string of the molecule is CC.CN1CCN(c2ccc(Nc3ncc(C(F)(F)F)c(-c4cc(S(C)=O)cs4)n3)c(Cl)c2)CC1.CSc1csc(-c2nc(Nc3cc4c(cc3F)CCN(C)C4)ncc2C(F)(F)F)c1. The summed E-state index contributed by atoms with van der Waals surface area (Å²) in [5.74, 6) is -0.580. The summed E-state index contributed by atoms with van der Waals surface area (Å²) in [5.41, 5.74) is 1.15. The van der Waals surface area contributed by atoms with Crippen molar-refractivity contribution in [1.82, 2.24) is 29.7 Å². The number of halogens is 8. The van der Waals surface area contributed by atoms with E-state index in [4.69, 9.17) is 11.6 Å². The molecular formula is C43H45ClF7N9OS4. The van der Waals surface area contributed by atoms with E-state index in [2.05, 4.69) is 52.3 Å². The minimum Gasteiger partial charge on any atom is -0.369 e. The molecule has 0 amide bonds. The lowest BCUT2D eigenvalue weighted by atomic mass is 9.99. The number of hydrogen-bond acceptors (Lipinski definition) is 13. The Labute approximate surface area is 392 Å². The van der Waals surface area contributed by atoms with Crippen molar-refractivity contribution in [2.24, 2.45) is 0 Å². The maximum Gasteiger partial charge on any atom is 0.420 e. The van der Waals surface area contributed by atoms with Gasteiger partial charge in [0.2, 0.25) is 11.9 Å². The molecular weight excluding hydrogens is 955 g/mol. The molecule has 1 atom stereocenters. The predicted octanol–water partition coefficient (Wildman–Crippen LogP) is 12.0. The van der Waals surface area contributed by atoms with Gasteiger partial charge in [0.1, 0.15) is 16.9 Å². The zero-order valence-corrected chi connectivity index (χ0v) is 40.0. The molecule has 1 saturated heterocycles. The molecule has 0 aliphatic carbocycles. The summed E-state index contributed by atoms with van der Waals surface area (Å²) >= 11 is 10.1. The van der Waals surface area contributed by atoms with E-state index >= 15 is 0 Å². The Bertz CT molecular complexity index is 2620. The van der Waals surface area contributed by atoms with E-state index in [0.717, 1.165) is 84.6 Å². The summed E-state index contributed by atoms with van der Waals surface area (Å²) in [6.45, 7) is 9.21. The van der Waals surface area contributed by atoms with Gasteiger partial charge in [0.05, 0.1) is 48.3 Å². The van der Waals surface area contributed by atoms with Crippen molar-refractivity contribution in [1.29, 1.82) is 0 Å². The fourth-order valence-electron chi connectivity index (χ4n) is 6.74. The summed E-state index contributed by atoms with van der Waals surface area (Å²) in [4.78, 5) is 24.4. The second kappa shape index (κ2) is 21.5. The highest BCUT2D eigenvalue weighted by Crippen LogP contribution is 2.41. The quantitative estimate of drug-likeness (QED) is 0.107. The second-order valence-electron chi connectivity index (χ2n) is 14.7. The van der Waals surface area contributed by atoms with E-state index in [9.17, 15) is 34.9 Å². The molecule has 0 bridgehead atoms. The van der Waals surface area contributed by atoms with E-state index in [1.807, 2.05) is 39.3 Å². The van der Waals surface area contributed by atoms with Crippen molar-refractivity contribution in [3.8, 4) is 21.1 Å². The van der Waals surface area contributed by atoms with Gasteiger partial charge in [0, 0.05) is 84.2 Å². The van der Waals surface area contributed by atoms with Crippen molar-refractivity contribution < 1.29 is 34.9 Å². The first-order chi connectivity index (χ1) is 30.9. The van der Waals surface area contributed by atoms with Crippen LogP contribution in [0.5, 0.6) is 0 Å². The number of nitrogens with one attached hydrogen (secondary N) is 2. The first-order valence-electron chi connectivity index (χ1n) is 20.1. The monoisotopic (exact) mass is 999 g/mol. The topological polar surface area (TPSA) is 102 Å². The second-order valence-corrected chi connectivity index (χ2v) is 19.1. The molecule has 1 fully saturated rings. The van der Waals surface area contributed by atoms with Crippen LogP contribution in [-0.2, 0) is 36.1 Å². The third kappa shape index (κ3) is 12.5. The van der Waals surface area contributed by atoms with E-state index in [0.29, 0.717) is 27.0 Å². The van der Waals surface area contributed by atoms with Crippen LogP contribution in [0.25, 0.3) is 21.1 Å². The number of thioether (sulfide) groups is 1. The number of likely N-dealkylation sites (N-methyl/N-ethyl adjacent to an activating group) is 2. The lowest BCUT2D eigenvalue weighted by Gasteiger charge is -2.34. The molecule has 0 saturated carbocycles. The molecule has 0 radical (unpaired) electrons. The maximum absolute atomic E-state index is 14.6. The highest BCUT2D eigenvalue weighted by Gasteiger charge is 2.37. The molecule has 0 spiro atoms. The van der Waals surface area contributed by atoms with Crippen molar-refractivity contribution in [3.63, 3.8) is 0 Å². The highest BCUT2D eigenvalue weighted by atomic mass is 35.5. The van der Waals surface area contributed by atoms with Gasteiger partial charge in [-0.15, -0.1) is 34.4 Å². The smallest absolute Gasteiger partial charge is 0.369 e. The van der Waals surface area contributed by atoms with Crippen LogP contribution < -0.4 is 15.5 Å². The molecule has 22 heteroatoms. The number of aromatic nitrogens is 4. The molecule has 10 nitrogen and oxygen atoms in total. The molecule has 6 aromatic rings. The van der Waals surface area contributed by atoms with Crippen LogP contribution in [-0.4, -0.2) is 93.3 Å². The number of hydrogen-bond donors (Lipinski definition) is 2. The number of anilines is 5. The van der Waals surface area contributed by atoms with Crippen LogP contribution in [0.3, 0.4) is 0 Å². The number of rotatable bonds is 9. The number of nitrogens with zero attached hydrogens (tertiary/aromatic N) is 7. The van der Waals surface area contributed by atoms with Gasteiger partial charge in [-0.05, 0) is 80.4 Å². The van der Waals surface area contributed by atoms with E-state index in [1.165, 1.54) is 41.5 Å². The van der Waals surface area contributed by atoms with Crippen molar-refractivity contribution >= 4 is 85.8 Å². The van der Waals surface area contributed by atoms with Gasteiger partial charge in [-0.25, -0.2) is 24.3 Å². The van der Waals surface area contributed by atoms with Crippen LogP contribution in [0.15, 0.2) is 75.4 Å². The van der Waals surface area contributed by atoms with Gasteiger partial charge in [0.15, 0.2) is 0 Å². The van der Waals surface area contributed by atoms with Gasteiger partial charge in [0.25, 0.3) is 0 Å². The number of thiophene rings is 2. The Morgan fingerprint density at radius 2 is 1.34 bits per heavy atom. The molecule has 8 rings (SSSR count). The van der Waals surface area contributed by atoms with Crippen LogP contribution in [0.1, 0.15) is 36.1 Å². The highest BCUT2D eigenvalue weighted by molar-refractivity contribution is 7.98.